The number of fused-ring (bicyclic) bond motifs is 10. The second-order valence-electron chi connectivity index (χ2n) is 16.1. The van der Waals surface area contributed by atoms with Crippen molar-refractivity contribution in [2.75, 3.05) is 0 Å². The number of aromatic nitrogens is 4. The molecule has 3 heterocycles. The Balaban J connectivity index is 1.00. The van der Waals surface area contributed by atoms with E-state index in [1.54, 1.807) is 0 Å². The topological polar surface area (TPSA) is 43.6 Å². The molecule has 3 saturated carbocycles. The molecule has 9 aromatic rings. The molecule has 5 heteroatoms. The van der Waals surface area contributed by atoms with Gasteiger partial charge in [-0.15, -0.1) is 11.3 Å². The molecule has 0 radical (unpaired) electrons. The summed E-state index contributed by atoms with van der Waals surface area (Å²) in [5, 5.41) is 5.11. The van der Waals surface area contributed by atoms with Gasteiger partial charge in [0.05, 0.1) is 11.0 Å². The molecule has 3 aromatic heterocycles. The van der Waals surface area contributed by atoms with E-state index in [0.29, 0.717) is 11.8 Å². The van der Waals surface area contributed by atoms with Crippen molar-refractivity contribution in [2.45, 2.75) is 44.4 Å². The maximum absolute atomic E-state index is 5.34. The van der Waals surface area contributed by atoms with Gasteiger partial charge in [0.15, 0.2) is 11.6 Å². The van der Waals surface area contributed by atoms with Crippen molar-refractivity contribution < 1.29 is 0 Å². The monoisotopic (exact) mass is 728 g/mol. The molecule has 2 unspecified atom stereocenters. The first-order valence-corrected chi connectivity index (χ1v) is 20.3. The molecule has 3 aliphatic carbocycles. The fourth-order valence-electron chi connectivity index (χ4n) is 9.75. The lowest BCUT2D eigenvalue weighted by atomic mass is 9.78. The molecule has 0 saturated heterocycles. The first kappa shape index (κ1) is 32.5. The molecule has 266 valence electrons. The van der Waals surface area contributed by atoms with Gasteiger partial charge < -0.3 is 4.57 Å². The van der Waals surface area contributed by atoms with Crippen molar-refractivity contribution in [3.8, 4) is 39.6 Å². The lowest BCUT2D eigenvalue weighted by molar-refractivity contribution is 0.336. The van der Waals surface area contributed by atoms with Crippen molar-refractivity contribution in [1.29, 1.82) is 0 Å². The quantitative estimate of drug-likeness (QED) is 0.166. The minimum atomic E-state index is -0.146. The minimum Gasteiger partial charge on any atom is -0.309 e. The first-order valence-electron chi connectivity index (χ1n) is 19.5. The van der Waals surface area contributed by atoms with E-state index in [-0.39, 0.29) is 5.41 Å². The van der Waals surface area contributed by atoms with Gasteiger partial charge in [0.2, 0.25) is 0 Å². The van der Waals surface area contributed by atoms with Crippen molar-refractivity contribution in [1.82, 2.24) is 19.5 Å². The Bertz CT molecular complexity index is 2920. The van der Waals surface area contributed by atoms with E-state index in [0.717, 1.165) is 59.1 Å². The minimum absolute atomic E-state index is 0.146. The maximum atomic E-state index is 5.34. The average Bonchev–Trinajstić information content (AvgIpc) is 3.67. The van der Waals surface area contributed by atoms with Crippen LogP contribution in [0, 0.1) is 11.8 Å². The number of rotatable bonds is 5. The number of hydrogen-bond donors (Lipinski definition) is 0. The SMILES string of the molecule is C=C1C[C@@H]2CCC1CC(C)(c1nc(-c3ccc(-c4cccc(-n5c6ccccc6c6ccccc65)c4)cc3)nc(-c3ccc4c(c3)sc3ccccc34)n1)C2. The number of hydrogen-bond acceptors (Lipinski definition) is 4. The Hall–Kier alpha value is -5.91. The van der Waals surface area contributed by atoms with Gasteiger partial charge in [0.25, 0.3) is 0 Å². The van der Waals surface area contributed by atoms with Gasteiger partial charge in [0.1, 0.15) is 5.82 Å². The van der Waals surface area contributed by atoms with Crippen LogP contribution >= 0.6 is 11.3 Å². The molecule has 55 heavy (non-hydrogen) atoms. The number of allylic oxidation sites excluding steroid dienone is 1. The Morgan fingerprint density at radius 3 is 2.00 bits per heavy atom. The Morgan fingerprint density at radius 2 is 1.24 bits per heavy atom. The zero-order valence-electron chi connectivity index (χ0n) is 30.9. The van der Waals surface area contributed by atoms with Crippen LogP contribution in [0.1, 0.15) is 44.9 Å². The molecular formula is C50H40N4S. The summed E-state index contributed by atoms with van der Waals surface area (Å²) in [6.07, 6.45) is 5.76. The summed E-state index contributed by atoms with van der Waals surface area (Å²) in [6.45, 7) is 6.91. The fourth-order valence-corrected chi connectivity index (χ4v) is 10.9. The number of thiophene rings is 1. The highest BCUT2D eigenvalue weighted by Crippen LogP contribution is 2.50. The van der Waals surface area contributed by atoms with Crippen LogP contribution in [0.15, 0.2) is 152 Å². The van der Waals surface area contributed by atoms with Gasteiger partial charge in [-0.1, -0.05) is 122 Å². The van der Waals surface area contributed by atoms with E-state index in [1.165, 1.54) is 66.0 Å². The molecule has 0 N–H and O–H groups in total. The fraction of sp³-hybridized carbons (Fsp3) is 0.180. The van der Waals surface area contributed by atoms with Crippen molar-refractivity contribution in [3.63, 3.8) is 0 Å². The van der Waals surface area contributed by atoms with Crippen LogP contribution in [-0.4, -0.2) is 19.5 Å². The van der Waals surface area contributed by atoms with Gasteiger partial charge in [-0.25, -0.2) is 15.0 Å². The first-order chi connectivity index (χ1) is 27.0. The third kappa shape index (κ3) is 5.44. The average molecular weight is 729 g/mol. The molecule has 3 fully saturated rings. The zero-order chi connectivity index (χ0) is 36.7. The molecular weight excluding hydrogens is 689 g/mol. The predicted molar refractivity (Wildman–Crippen MR) is 230 cm³/mol. The lowest BCUT2D eigenvalue weighted by Gasteiger charge is -2.29. The molecule has 3 aliphatic rings. The summed E-state index contributed by atoms with van der Waals surface area (Å²) < 4.78 is 4.93. The van der Waals surface area contributed by atoms with E-state index in [9.17, 15) is 0 Å². The number of benzene rings is 6. The van der Waals surface area contributed by atoms with E-state index in [1.807, 2.05) is 11.3 Å². The summed E-state index contributed by atoms with van der Waals surface area (Å²) >= 11 is 1.83. The second kappa shape index (κ2) is 12.6. The Kier molecular flexibility index (Phi) is 7.43. The van der Waals surface area contributed by atoms with Gasteiger partial charge in [-0.05, 0) is 91.5 Å². The Labute approximate surface area is 324 Å². The Morgan fingerprint density at radius 1 is 0.582 bits per heavy atom. The second-order valence-corrected chi connectivity index (χ2v) is 17.2. The molecule has 0 spiro atoms. The van der Waals surface area contributed by atoms with E-state index >= 15 is 0 Å². The summed E-state index contributed by atoms with van der Waals surface area (Å²) in [5.41, 5.74) is 9.20. The lowest BCUT2D eigenvalue weighted by Crippen LogP contribution is -2.27. The van der Waals surface area contributed by atoms with Crippen LogP contribution in [0.4, 0.5) is 0 Å². The van der Waals surface area contributed by atoms with Crippen LogP contribution in [0.3, 0.4) is 0 Å². The van der Waals surface area contributed by atoms with Crippen LogP contribution in [0.5, 0.6) is 0 Å². The van der Waals surface area contributed by atoms with Gasteiger partial charge >= 0.3 is 0 Å². The molecule has 0 aliphatic heterocycles. The van der Waals surface area contributed by atoms with Crippen LogP contribution in [0.25, 0.3) is 81.6 Å². The van der Waals surface area contributed by atoms with Crippen LogP contribution < -0.4 is 0 Å². The van der Waals surface area contributed by atoms with Crippen molar-refractivity contribution in [3.05, 3.63) is 158 Å². The third-order valence-corrected chi connectivity index (χ3v) is 13.6. The highest BCUT2D eigenvalue weighted by molar-refractivity contribution is 7.25. The van der Waals surface area contributed by atoms with E-state index in [4.69, 9.17) is 15.0 Å². The van der Waals surface area contributed by atoms with Gasteiger partial charge in [0, 0.05) is 53.2 Å². The largest absolute Gasteiger partial charge is 0.309 e. The summed E-state index contributed by atoms with van der Waals surface area (Å²) in [5.74, 6) is 3.56. The molecule has 4 nitrogen and oxygen atoms in total. The molecule has 12 rings (SSSR count). The highest BCUT2D eigenvalue weighted by atomic mass is 32.1. The highest BCUT2D eigenvalue weighted by Gasteiger charge is 2.43. The third-order valence-electron chi connectivity index (χ3n) is 12.5. The molecule has 0 amide bonds. The predicted octanol–water partition coefficient (Wildman–Crippen LogP) is 13.4. The number of nitrogens with zero attached hydrogens (tertiary/aromatic N) is 4. The van der Waals surface area contributed by atoms with Crippen molar-refractivity contribution >= 4 is 53.3 Å². The molecule has 3 atom stereocenters. The zero-order valence-corrected chi connectivity index (χ0v) is 31.7. The van der Waals surface area contributed by atoms with E-state index in [2.05, 4.69) is 158 Å². The molecule has 6 aromatic carbocycles. The standard InChI is InChI=1S/C50H40N4S/c1-31-26-32-18-19-37(31)30-50(2,29-32)49-52-47(51-48(53-49)36-24-25-42-41-14-5-8-17-45(41)55-46(42)28-36)34-22-20-33(21-23-34)35-10-9-11-38(27-35)54-43-15-6-3-12-39(43)40-13-4-7-16-44(40)54/h3-17,20-25,27-28,32,37H,1,18-19,26,29-30H2,2H3/t32-,37?,50?/m0/s1. The summed E-state index contributed by atoms with van der Waals surface area (Å²) in [7, 11) is 0. The van der Waals surface area contributed by atoms with Gasteiger partial charge in [-0.2, -0.15) is 0 Å². The normalized spacial score (nSPS) is 19.8. The summed E-state index contributed by atoms with van der Waals surface area (Å²) in [4.78, 5) is 15.9. The van der Waals surface area contributed by atoms with Crippen LogP contribution in [0.2, 0.25) is 0 Å². The van der Waals surface area contributed by atoms with E-state index < -0.39 is 0 Å². The maximum Gasteiger partial charge on any atom is 0.163 e. The molecule has 2 bridgehead atoms. The van der Waals surface area contributed by atoms with Crippen LogP contribution in [-0.2, 0) is 5.41 Å². The van der Waals surface area contributed by atoms with Gasteiger partial charge in [-0.3, -0.25) is 0 Å². The smallest absolute Gasteiger partial charge is 0.163 e. The summed E-state index contributed by atoms with van der Waals surface area (Å²) in [6, 6.07) is 50.4. The number of para-hydroxylation sites is 2. The van der Waals surface area contributed by atoms with Crippen molar-refractivity contribution in [2.24, 2.45) is 11.8 Å².